The lowest BCUT2D eigenvalue weighted by Crippen LogP contribution is -2.38. The fourth-order valence-corrected chi connectivity index (χ4v) is 2.79. The fourth-order valence-electron chi connectivity index (χ4n) is 1.68. The molecule has 130 valence electrons. The molecule has 6 nitrogen and oxygen atoms in total. The number of rotatable bonds is 10. The molecule has 0 saturated carbocycles. The Morgan fingerprint density at radius 2 is 1.12 bits per heavy atom. The average molecular weight is 352 g/mol. The average Bonchev–Trinajstić information content (AvgIpc) is 2.65. The Balaban J connectivity index is 2.07. The molecule has 2 aromatic carbocycles. The highest BCUT2D eigenvalue weighted by atomic mass is 31.2. The highest BCUT2D eigenvalue weighted by Crippen LogP contribution is 2.42. The normalized spacial score (nSPS) is 11.5. The number of aliphatic hydroxyl groups is 3. The molecule has 0 aromatic heterocycles. The van der Waals surface area contributed by atoms with E-state index in [4.69, 9.17) is 13.6 Å². The second-order valence-corrected chi connectivity index (χ2v) is 6.35. The van der Waals surface area contributed by atoms with E-state index in [0.29, 0.717) is 11.5 Å². The van der Waals surface area contributed by atoms with Crippen molar-refractivity contribution >= 4 is 8.60 Å². The van der Waals surface area contributed by atoms with Crippen LogP contribution >= 0.6 is 8.60 Å². The standard InChI is InChI=1S/C17H21O6P/c18-11-17(12-19,13-20)14-21-24(22-15-7-3-1-4-8-15)23-16-9-5-2-6-10-16/h1-10,18-20H,11-14H2. The fraction of sp³-hybridized carbons (Fsp3) is 0.294. The van der Waals surface area contributed by atoms with Gasteiger partial charge in [-0.05, 0) is 24.3 Å². The topological polar surface area (TPSA) is 88.4 Å². The van der Waals surface area contributed by atoms with Crippen LogP contribution in [0.3, 0.4) is 0 Å². The summed E-state index contributed by atoms with van der Waals surface area (Å²) >= 11 is 0. The van der Waals surface area contributed by atoms with Gasteiger partial charge in [0.15, 0.2) is 0 Å². The first-order valence-corrected chi connectivity index (χ1v) is 8.52. The molecule has 0 aliphatic heterocycles. The number of benzene rings is 2. The van der Waals surface area contributed by atoms with Gasteiger partial charge in [-0.3, -0.25) is 4.52 Å². The molecule has 0 atom stereocenters. The van der Waals surface area contributed by atoms with Crippen LogP contribution in [-0.4, -0.2) is 41.7 Å². The third kappa shape index (κ3) is 5.44. The van der Waals surface area contributed by atoms with E-state index >= 15 is 0 Å². The van der Waals surface area contributed by atoms with Crippen LogP contribution in [0.1, 0.15) is 0 Å². The molecule has 3 N–H and O–H groups in total. The Kier molecular flexibility index (Phi) is 7.43. The molecular weight excluding hydrogens is 331 g/mol. The van der Waals surface area contributed by atoms with Crippen LogP contribution in [0.4, 0.5) is 0 Å². The number of aliphatic hydroxyl groups excluding tert-OH is 3. The van der Waals surface area contributed by atoms with Crippen molar-refractivity contribution in [3.05, 3.63) is 60.7 Å². The third-order valence-electron chi connectivity index (χ3n) is 3.33. The monoisotopic (exact) mass is 352 g/mol. The van der Waals surface area contributed by atoms with Gasteiger partial charge in [-0.1, -0.05) is 36.4 Å². The second kappa shape index (κ2) is 9.57. The van der Waals surface area contributed by atoms with Crippen molar-refractivity contribution < 1.29 is 28.9 Å². The van der Waals surface area contributed by atoms with Gasteiger partial charge < -0.3 is 24.4 Å². The number of hydrogen-bond acceptors (Lipinski definition) is 6. The van der Waals surface area contributed by atoms with E-state index in [-0.39, 0.29) is 6.61 Å². The van der Waals surface area contributed by atoms with Gasteiger partial charge in [-0.2, -0.15) is 0 Å². The van der Waals surface area contributed by atoms with E-state index in [2.05, 4.69) is 0 Å². The Labute approximate surface area is 142 Å². The maximum absolute atomic E-state index is 9.39. The molecule has 0 amide bonds. The van der Waals surface area contributed by atoms with Gasteiger partial charge in [0.05, 0.1) is 31.8 Å². The third-order valence-corrected chi connectivity index (χ3v) is 4.39. The van der Waals surface area contributed by atoms with Crippen LogP contribution in [0.25, 0.3) is 0 Å². The zero-order valence-corrected chi connectivity index (χ0v) is 14.0. The Bertz CT molecular complexity index is 526. The molecular formula is C17H21O6P. The summed E-state index contributed by atoms with van der Waals surface area (Å²) in [4.78, 5) is 0. The van der Waals surface area contributed by atoms with Crippen molar-refractivity contribution in [2.75, 3.05) is 26.4 Å². The Morgan fingerprint density at radius 3 is 1.50 bits per heavy atom. The summed E-state index contributed by atoms with van der Waals surface area (Å²) in [6.07, 6.45) is 0. The molecule has 2 aromatic rings. The molecule has 0 bridgehead atoms. The van der Waals surface area contributed by atoms with Gasteiger partial charge in [-0.25, -0.2) is 0 Å². The van der Waals surface area contributed by atoms with Gasteiger partial charge in [0.2, 0.25) is 0 Å². The molecule has 0 spiro atoms. The Morgan fingerprint density at radius 1 is 0.708 bits per heavy atom. The SMILES string of the molecule is OCC(CO)(CO)COP(Oc1ccccc1)Oc1ccccc1. The second-order valence-electron chi connectivity index (χ2n) is 5.28. The van der Waals surface area contributed by atoms with Crippen molar-refractivity contribution in [3.63, 3.8) is 0 Å². The molecule has 0 heterocycles. The van der Waals surface area contributed by atoms with Crippen molar-refractivity contribution in [3.8, 4) is 11.5 Å². The molecule has 0 fully saturated rings. The van der Waals surface area contributed by atoms with Crippen LogP contribution in [0.15, 0.2) is 60.7 Å². The van der Waals surface area contributed by atoms with Crippen LogP contribution in [-0.2, 0) is 4.52 Å². The molecule has 7 heteroatoms. The van der Waals surface area contributed by atoms with Crippen molar-refractivity contribution in [2.24, 2.45) is 5.41 Å². The summed E-state index contributed by atoms with van der Waals surface area (Å²) in [5.41, 5.74) is -1.15. The largest absolute Gasteiger partial charge is 0.463 e. The molecule has 0 radical (unpaired) electrons. The van der Waals surface area contributed by atoms with E-state index in [0.717, 1.165) is 0 Å². The van der Waals surface area contributed by atoms with Crippen molar-refractivity contribution in [1.82, 2.24) is 0 Å². The van der Waals surface area contributed by atoms with Crippen LogP contribution in [0.5, 0.6) is 11.5 Å². The van der Waals surface area contributed by atoms with E-state index in [9.17, 15) is 15.3 Å². The van der Waals surface area contributed by atoms with Gasteiger partial charge in [0.25, 0.3) is 0 Å². The zero-order chi connectivity index (χ0) is 17.3. The van der Waals surface area contributed by atoms with E-state index in [1.165, 1.54) is 0 Å². The van der Waals surface area contributed by atoms with Gasteiger partial charge >= 0.3 is 8.60 Å². The highest BCUT2D eigenvalue weighted by Gasteiger charge is 2.32. The predicted molar refractivity (Wildman–Crippen MR) is 90.7 cm³/mol. The number of para-hydroxylation sites is 2. The molecule has 0 unspecified atom stereocenters. The minimum absolute atomic E-state index is 0.109. The maximum Gasteiger partial charge on any atom is 0.463 e. The first-order valence-electron chi connectivity index (χ1n) is 7.43. The minimum Gasteiger partial charge on any atom is -0.418 e. The predicted octanol–water partition coefficient (Wildman–Crippen LogP) is 2.35. The van der Waals surface area contributed by atoms with Crippen molar-refractivity contribution in [2.45, 2.75) is 0 Å². The molecule has 0 saturated heterocycles. The lowest BCUT2D eigenvalue weighted by molar-refractivity contribution is -0.0273. The van der Waals surface area contributed by atoms with Crippen molar-refractivity contribution in [1.29, 1.82) is 0 Å². The molecule has 0 aliphatic carbocycles. The van der Waals surface area contributed by atoms with Gasteiger partial charge in [0.1, 0.15) is 11.5 Å². The van der Waals surface area contributed by atoms with Gasteiger partial charge in [-0.15, -0.1) is 0 Å². The summed E-state index contributed by atoms with van der Waals surface area (Å²) in [6, 6.07) is 18.1. The van der Waals surface area contributed by atoms with E-state index < -0.39 is 33.8 Å². The lowest BCUT2D eigenvalue weighted by Gasteiger charge is -2.28. The summed E-state index contributed by atoms with van der Waals surface area (Å²) < 4.78 is 17.1. The quantitative estimate of drug-likeness (QED) is 0.569. The summed E-state index contributed by atoms with van der Waals surface area (Å²) in [6.45, 7) is -1.36. The van der Waals surface area contributed by atoms with Crippen LogP contribution < -0.4 is 9.05 Å². The summed E-state index contributed by atoms with van der Waals surface area (Å²) in [5, 5.41) is 28.2. The first-order chi connectivity index (χ1) is 11.7. The summed E-state index contributed by atoms with van der Waals surface area (Å²) in [5.74, 6) is 1.14. The van der Waals surface area contributed by atoms with Gasteiger partial charge in [0, 0.05) is 0 Å². The molecule has 2 rings (SSSR count). The maximum atomic E-state index is 9.39. The minimum atomic E-state index is -1.83. The first kappa shape index (κ1) is 18.6. The summed E-state index contributed by atoms with van der Waals surface area (Å²) in [7, 11) is -1.83. The zero-order valence-electron chi connectivity index (χ0n) is 13.1. The smallest absolute Gasteiger partial charge is 0.418 e. The Hall–Kier alpha value is -1.69. The lowest BCUT2D eigenvalue weighted by atomic mass is 9.93. The molecule has 0 aliphatic rings. The van der Waals surface area contributed by atoms with E-state index in [1.54, 1.807) is 24.3 Å². The number of hydrogen-bond donors (Lipinski definition) is 3. The molecule has 24 heavy (non-hydrogen) atoms. The van der Waals surface area contributed by atoms with Crippen LogP contribution in [0.2, 0.25) is 0 Å². The van der Waals surface area contributed by atoms with Crippen LogP contribution in [0, 0.1) is 5.41 Å². The highest BCUT2D eigenvalue weighted by molar-refractivity contribution is 7.42. The van der Waals surface area contributed by atoms with E-state index in [1.807, 2.05) is 36.4 Å².